The molecule has 1 atom stereocenters. The van der Waals surface area contributed by atoms with E-state index in [-0.39, 0.29) is 18.6 Å². The molecule has 0 aliphatic heterocycles. The normalized spacial score (nSPS) is 11.5. The molecule has 0 radical (unpaired) electrons. The number of nitrogens with zero attached hydrogens (tertiary/aromatic N) is 1. The second-order valence-electron chi connectivity index (χ2n) is 7.40. The molecular formula is C25H28N2O5S. The average Bonchev–Trinajstić information content (AvgIpc) is 3.24. The Balaban J connectivity index is 1.65. The van der Waals surface area contributed by atoms with Gasteiger partial charge in [0.2, 0.25) is 0 Å². The number of hydrogen-bond acceptors (Lipinski definition) is 7. The number of thiazole rings is 1. The van der Waals surface area contributed by atoms with Crippen LogP contribution in [0, 0.1) is 6.92 Å². The lowest BCUT2D eigenvalue weighted by Crippen LogP contribution is -2.32. The summed E-state index contributed by atoms with van der Waals surface area (Å²) >= 11 is 1.21. The number of aromatic nitrogens is 1. The summed E-state index contributed by atoms with van der Waals surface area (Å²) in [6.07, 6.45) is 1.71. The standard InChI is InChI=1S/C25H28N2O5S/c1-5-9-19(17-10-7-6-8-11-17)27-22(28)15-32-25(29)23-16(2)26-24(33-23)18-12-13-20(30-3)21(14-18)31-4/h6-8,10-14,19H,5,9,15H2,1-4H3,(H,27,28). The van der Waals surface area contributed by atoms with Gasteiger partial charge in [-0.1, -0.05) is 43.7 Å². The number of esters is 1. The second kappa shape index (κ2) is 11.5. The number of hydrogen-bond donors (Lipinski definition) is 1. The van der Waals surface area contributed by atoms with E-state index in [2.05, 4.69) is 17.2 Å². The number of carbonyl (C=O) groups is 2. The first kappa shape index (κ1) is 24.3. The van der Waals surface area contributed by atoms with Gasteiger partial charge in [-0.25, -0.2) is 9.78 Å². The minimum absolute atomic E-state index is 0.121. The van der Waals surface area contributed by atoms with Gasteiger partial charge in [-0.2, -0.15) is 0 Å². The monoisotopic (exact) mass is 468 g/mol. The van der Waals surface area contributed by atoms with E-state index in [0.717, 1.165) is 24.0 Å². The van der Waals surface area contributed by atoms with Gasteiger partial charge < -0.3 is 19.5 Å². The Morgan fingerprint density at radius 2 is 1.79 bits per heavy atom. The first-order chi connectivity index (χ1) is 16.0. The van der Waals surface area contributed by atoms with Crippen LogP contribution in [0.4, 0.5) is 0 Å². The summed E-state index contributed by atoms with van der Waals surface area (Å²) in [7, 11) is 3.13. The van der Waals surface area contributed by atoms with Gasteiger partial charge in [-0.05, 0) is 37.1 Å². The number of amides is 1. The van der Waals surface area contributed by atoms with E-state index in [4.69, 9.17) is 14.2 Å². The highest BCUT2D eigenvalue weighted by Crippen LogP contribution is 2.35. The Kier molecular flexibility index (Phi) is 8.43. The maximum absolute atomic E-state index is 12.6. The molecule has 1 heterocycles. The maximum Gasteiger partial charge on any atom is 0.350 e. The predicted octanol–water partition coefficient (Wildman–Crippen LogP) is 4.95. The molecule has 0 aliphatic carbocycles. The number of benzene rings is 2. The Bertz CT molecular complexity index is 1100. The van der Waals surface area contributed by atoms with Crippen LogP contribution in [0.25, 0.3) is 10.6 Å². The largest absolute Gasteiger partial charge is 0.493 e. The third-order valence-corrected chi connectivity index (χ3v) is 6.25. The highest BCUT2D eigenvalue weighted by molar-refractivity contribution is 7.17. The molecule has 0 fully saturated rings. The molecule has 0 bridgehead atoms. The van der Waals surface area contributed by atoms with Gasteiger partial charge in [-0.3, -0.25) is 4.79 Å². The van der Waals surface area contributed by atoms with Crippen LogP contribution in [0.15, 0.2) is 48.5 Å². The smallest absolute Gasteiger partial charge is 0.350 e. The zero-order chi connectivity index (χ0) is 23.8. The Hall–Kier alpha value is -3.39. The first-order valence-electron chi connectivity index (χ1n) is 10.7. The molecule has 0 aliphatic rings. The molecular weight excluding hydrogens is 440 g/mol. The molecule has 0 spiro atoms. The lowest BCUT2D eigenvalue weighted by Gasteiger charge is -2.18. The minimum atomic E-state index is -0.571. The Morgan fingerprint density at radius 3 is 2.45 bits per heavy atom. The number of nitrogens with one attached hydrogen (secondary N) is 1. The maximum atomic E-state index is 12.6. The van der Waals surface area contributed by atoms with Gasteiger partial charge in [-0.15, -0.1) is 11.3 Å². The lowest BCUT2D eigenvalue weighted by molar-refractivity contribution is -0.125. The van der Waals surface area contributed by atoms with E-state index in [0.29, 0.717) is 27.1 Å². The van der Waals surface area contributed by atoms with Crippen molar-refractivity contribution in [3.05, 3.63) is 64.7 Å². The summed E-state index contributed by atoms with van der Waals surface area (Å²) in [6, 6.07) is 15.1. The third-order valence-electron chi connectivity index (χ3n) is 5.06. The van der Waals surface area contributed by atoms with Gasteiger partial charge in [0.05, 0.1) is 26.0 Å². The molecule has 3 rings (SSSR count). The highest BCUT2D eigenvalue weighted by atomic mass is 32.1. The van der Waals surface area contributed by atoms with E-state index >= 15 is 0 Å². The van der Waals surface area contributed by atoms with Crippen molar-refractivity contribution in [3.63, 3.8) is 0 Å². The van der Waals surface area contributed by atoms with Gasteiger partial charge in [0.25, 0.3) is 5.91 Å². The van der Waals surface area contributed by atoms with Crippen LogP contribution in [-0.4, -0.2) is 37.7 Å². The van der Waals surface area contributed by atoms with Gasteiger partial charge >= 0.3 is 5.97 Å². The number of ether oxygens (including phenoxy) is 3. The fourth-order valence-electron chi connectivity index (χ4n) is 3.41. The van der Waals surface area contributed by atoms with Crippen LogP contribution < -0.4 is 14.8 Å². The SMILES string of the molecule is CCCC(NC(=O)COC(=O)c1sc(-c2ccc(OC)c(OC)c2)nc1C)c1ccccc1. The fourth-order valence-corrected chi connectivity index (χ4v) is 4.36. The fraction of sp³-hybridized carbons (Fsp3) is 0.320. The number of methoxy groups -OCH3 is 2. The Morgan fingerprint density at radius 1 is 1.06 bits per heavy atom. The lowest BCUT2D eigenvalue weighted by atomic mass is 10.0. The van der Waals surface area contributed by atoms with E-state index in [1.54, 1.807) is 33.3 Å². The molecule has 1 amide bonds. The quantitative estimate of drug-likeness (QED) is 0.424. The summed E-state index contributed by atoms with van der Waals surface area (Å²) in [5, 5.41) is 3.61. The van der Waals surface area contributed by atoms with Crippen molar-refractivity contribution in [2.75, 3.05) is 20.8 Å². The Labute approximate surface area is 197 Å². The summed E-state index contributed by atoms with van der Waals surface area (Å²) in [5.41, 5.74) is 2.36. The van der Waals surface area contributed by atoms with Crippen LogP contribution >= 0.6 is 11.3 Å². The average molecular weight is 469 g/mol. The van der Waals surface area contributed by atoms with Crippen LogP contribution in [0.3, 0.4) is 0 Å². The zero-order valence-corrected chi connectivity index (χ0v) is 20.0. The second-order valence-corrected chi connectivity index (χ2v) is 8.40. The molecule has 1 N–H and O–H groups in total. The predicted molar refractivity (Wildman–Crippen MR) is 128 cm³/mol. The molecule has 174 valence electrons. The topological polar surface area (TPSA) is 86.8 Å². The van der Waals surface area contributed by atoms with Crippen molar-refractivity contribution < 1.29 is 23.8 Å². The summed E-state index contributed by atoms with van der Waals surface area (Å²) in [4.78, 5) is 30.0. The van der Waals surface area contributed by atoms with Crippen molar-refractivity contribution in [2.45, 2.75) is 32.7 Å². The molecule has 0 saturated carbocycles. The van der Waals surface area contributed by atoms with E-state index in [1.165, 1.54) is 11.3 Å². The van der Waals surface area contributed by atoms with Crippen LogP contribution in [0.1, 0.15) is 46.7 Å². The highest BCUT2D eigenvalue weighted by Gasteiger charge is 2.20. The van der Waals surface area contributed by atoms with E-state index in [1.807, 2.05) is 36.4 Å². The summed E-state index contributed by atoms with van der Waals surface area (Å²) in [6.45, 7) is 3.45. The van der Waals surface area contributed by atoms with Crippen molar-refractivity contribution in [3.8, 4) is 22.1 Å². The zero-order valence-electron chi connectivity index (χ0n) is 19.2. The number of aryl methyl sites for hydroxylation is 1. The molecule has 1 aromatic heterocycles. The summed E-state index contributed by atoms with van der Waals surface area (Å²) < 4.78 is 15.9. The van der Waals surface area contributed by atoms with E-state index in [9.17, 15) is 9.59 Å². The van der Waals surface area contributed by atoms with Crippen LogP contribution in [0.2, 0.25) is 0 Å². The summed E-state index contributed by atoms with van der Waals surface area (Å²) in [5.74, 6) is 0.271. The third kappa shape index (κ3) is 6.10. The molecule has 2 aromatic carbocycles. The molecule has 0 saturated heterocycles. The van der Waals surface area contributed by atoms with Crippen molar-refractivity contribution >= 4 is 23.2 Å². The van der Waals surface area contributed by atoms with Crippen molar-refractivity contribution in [2.24, 2.45) is 0 Å². The number of carbonyl (C=O) groups excluding carboxylic acids is 2. The van der Waals surface area contributed by atoms with Gasteiger partial charge in [0.15, 0.2) is 18.1 Å². The molecule has 8 heteroatoms. The number of rotatable bonds is 10. The van der Waals surface area contributed by atoms with Crippen molar-refractivity contribution in [1.29, 1.82) is 0 Å². The van der Waals surface area contributed by atoms with Crippen LogP contribution in [-0.2, 0) is 9.53 Å². The van der Waals surface area contributed by atoms with Gasteiger partial charge in [0, 0.05) is 5.56 Å². The first-order valence-corrected chi connectivity index (χ1v) is 11.5. The molecule has 1 unspecified atom stereocenters. The van der Waals surface area contributed by atoms with Crippen LogP contribution in [0.5, 0.6) is 11.5 Å². The van der Waals surface area contributed by atoms with Gasteiger partial charge in [0.1, 0.15) is 9.88 Å². The van der Waals surface area contributed by atoms with Crippen molar-refractivity contribution in [1.82, 2.24) is 10.3 Å². The molecule has 33 heavy (non-hydrogen) atoms. The molecule has 3 aromatic rings. The van der Waals surface area contributed by atoms with E-state index < -0.39 is 5.97 Å². The minimum Gasteiger partial charge on any atom is -0.493 e. The molecule has 7 nitrogen and oxygen atoms in total.